The minimum absolute atomic E-state index is 0.0183. The fraction of sp³-hybridized carbons (Fsp3) is 0.409. The van der Waals surface area contributed by atoms with Crippen LogP contribution in [0.1, 0.15) is 29.5 Å². The molecule has 1 amide bonds. The van der Waals surface area contributed by atoms with Crippen molar-refractivity contribution in [2.75, 3.05) is 31.3 Å². The molecule has 0 N–H and O–H groups in total. The van der Waals surface area contributed by atoms with Gasteiger partial charge in [0.1, 0.15) is 5.75 Å². The van der Waals surface area contributed by atoms with Crippen LogP contribution in [0.4, 0.5) is 5.69 Å². The fourth-order valence-corrected chi connectivity index (χ4v) is 4.14. The van der Waals surface area contributed by atoms with Crippen LogP contribution in [0.15, 0.2) is 42.5 Å². The normalized spacial score (nSPS) is 11.2. The molecule has 0 radical (unpaired) electrons. The van der Waals surface area contributed by atoms with Crippen molar-refractivity contribution < 1.29 is 17.9 Å². The van der Waals surface area contributed by atoms with E-state index in [1.54, 1.807) is 25.1 Å². The van der Waals surface area contributed by atoms with E-state index in [-0.39, 0.29) is 18.9 Å². The predicted molar refractivity (Wildman–Crippen MR) is 117 cm³/mol. The molecule has 0 atom stereocenters. The van der Waals surface area contributed by atoms with E-state index in [9.17, 15) is 13.2 Å². The first-order valence-electron chi connectivity index (χ1n) is 9.54. The van der Waals surface area contributed by atoms with E-state index in [1.807, 2.05) is 50.2 Å². The van der Waals surface area contributed by atoms with Crippen LogP contribution < -0.4 is 9.04 Å². The molecule has 6 nitrogen and oxygen atoms in total. The van der Waals surface area contributed by atoms with Gasteiger partial charge in [0.05, 0.1) is 19.1 Å². The number of ether oxygens (including phenoxy) is 1. The van der Waals surface area contributed by atoms with Gasteiger partial charge in [-0.25, -0.2) is 8.42 Å². The Hall–Kier alpha value is -2.54. The zero-order chi connectivity index (χ0) is 21.6. The van der Waals surface area contributed by atoms with E-state index in [0.717, 1.165) is 22.4 Å². The Labute approximate surface area is 174 Å². The highest BCUT2D eigenvalue weighted by atomic mass is 32.2. The number of sulfonamides is 1. The third-order valence-electron chi connectivity index (χ3n) is 5.00. The Morgan fingerprint density at radius 1 is 1.07 bits per heavy atom. The van der Waals surface area contributed by atoms with Gasteiger partial charge in [-0.3, -0.25) is 9.10 Å². The Bertz CT molecular complexity index is 940. The van der Waals surface area contributed by atoms with E-state index < -0.39 is 10.0 Å². The summed E-state index contributed by atoms with van der Waals surface area (Å²) >= 11 is 0. The Balaban J connectivity index is 1.97. The largest absolute Gasteiger partial charge is 0.497 e. The zero-order valence-electron chi connectivity index (χ0n) is 17.8. The van der Waals surface area contributed by atoms with Gasteiger partial charge in [-0.15, -0.1) is 0 Å². The number of hydrogen-bond acceptors (Lipinski definition) is 4. The lowest BCUT2D eigenvalue weighted by Gasteiger charge is -2.25. The van der Waals surface area contributed by atoms with Gasteiger partial charge >= 0.3 is 0 Å². The van der Waals surface area contributed by atoms with Gasteiger partial charge in [0.2, 0.25) is 15.9 Å². The first kappa shape index (κ1) is 22.7. The Kier molecular flexibility index (Phi) is 7.67. The van der Waals surface area contributed by atoms with Crippen molar-refractivity contribution in [3.8, 4) is 5.75 Å². The highest BCUT2D eigenvalue weighted by molar-refractivity contribution is 7.92. The van der Waals surface area contributed by atoms with Gasteiger partial charge in [-0.2, -0.15) is 0 Å². The first-order valence-corrected chi connectivity index (χ1v) is 11.4. The van der Waals surface area contributed by atoms with Gasteiger partial charge < -0.3 is 9.64 Å². The topological polar surface area (TPSA) is 66.9 Å². The number of aryl methyl sites for hydroxylation is 1. The molecule has 0 bridgehead atoms. The molecule has 0 aromatic heterocycles. The van der Waals surface area contributed by atoms with E-state index in [1.165, 1.54) is 10.6 Å². The van der Waals surface area contributed by atoms with E-state index in [2.05, 4.69) is 0 Å². The molecule has 0 aliphatic heterocycles. The summed E-state index contributed by atoms with van der Waals surface area (Å²) in [5.74, 6) is 0.755. The second-order valence-corrected chi connectivity index (χ2v) is 9.16. The van der Waals surface area contributed by atoms with Gasteiger partial charge in [0, 0.05) is 26.6 Å². The average Bonchev–Trinajstić information content (AvgIpc) is 2.67. The maximum atomic E-state index is 12.5. The average molecular weight is 419 g/mol. The highest BCUT2D eigenvalue weighted by Gasteiger charge is 2.20. The third kappa shape index (κ3) is 6.22. The fourth-order valence-electron chi connectivity index (χ4n) is 3.13. The summed E-state index contributed by atoms with van der Waals surface area (Å²) < 4.78 is 31.2. The molecule has 0 aliphatic carbocycles. The molecule has 2 aromatic rings. The van der Waals surface area contributed by atoms with Crippen LogP contribution in [0.25, 0.3) is 0 Å². The summed E-state index contributed by atoms with van der Waals surface area (Å²) in [5.41, 5.74) is 3.65. The minimum atomic E-state index is -3.43. The van der Waals surface area contributed by atoms with Crippen molar-refractivity contribution in [2.45, 2.75) is 33.2 Å². The number of nitrogens with zero attached hydrogens (tertiary/aromatic N) is 2. The predicted octanol–water partition coefficient (Wildman–Crippen LogP) is 3.52. The molecule has 0 spiro atoms. The molecule has 2 rings (SSSR count). The molecule has 0 heterocycles. The zero-order valence-corrected chi connectivity index (χ0v) is 18.6. The molecular weight excluding hydrogens is 388 g/mol. The second-order valence-electron chi connectivity index (χ2n) is 7.26. The molecule has 0 aliphatic rings. The molecule has 0 fully saturated rings. The van der Waals surface area contributed by atoms with Crippen LogP contribution >= 0.6 is 0 Å². The molecule has 0 saturated heterocycles. The van der Waals surface area contributed by atoms with Gasteiger partial charge in [0.25, 0.3) is 0 Å². The lowest BCUT2D eigenvalue weighted by molar-refractivity contribution is -0.130. The van der Waals surface area contributed by atoms with E-state index in [4.69, 9.17) is 4.74 Å². The maximum absolute atomic E-state index is 12.5. The van der Waals surface area contributed by atoms with Crippen LogP contribution in [-0.4, -0.2) is 46.2 Å². The number of rotatable bonds is 9. The summed E-state index contributed by atoms with van der Waals surface area (Å²) in [6, 6.07) is 13.2. The maximum Gasteiger partial charge on any atom is 0.232 e. The summed E-state index contributed by atoms with van der Waals surface area (Å²) in [7, 11) is -0.0647. The Morgan fingerprint density at radius 3 is 2.31 bits per heavy atom. The standard InChI is InChI=1S/C22H30N2O4S/c1-17-8-6-9-21(18(17)2)24(29(5,26)27)15-7-10-22(25)23(3)16-19-11-13-20(28-4)14-12-19/h6,8-9,11-14H,7,10,15-16H2,1-5H3. The summed E-state index contributed by atoms with van der Waals surface area (Å²) in [6.07, 6.45) is 1.93. The number of carbonyl (C=O) groups excluding carboxylic acids is 1. The highest BCUT2D eigenvalue weighted by Crippen LogP contribution is 2.25. The van der Waals surface area contributed by atoms with Crippen LogP contribution in [0.3, 0.4) is 0 Å². The van der Waals surface area contributed by atoms with Crippen molar-refractivity contribution in [2.24, 2.45) is 0 Å². The summed E-state index contributed by atoms with van der Waals surface area (Å²) in [6.45, 7) is 4.63. The summed E-state index contributed by atoms with van der Waals surface area (Å²) in [5, 5.41) is 0. The molecule has 7 heteroatoms. The van der Waals surface area contributed by atoms with Crippen LogP contribution in [0.5, 0.6) is 5.75 Å². The Morgan fingerprint density at radius 2 is 1.72 bits per heavy atom. The SMILES string of the molecule is COc1ccc(CN(C)C(=O)CCCN(c2cccc(C)c2C)S(C)(=O)=O)cc1. The molecular formula is C22H30N2O4S. The quantitative estimate of drug-likeness (QED) is 0.625. The van der Waals surface area contributed by atoms with Gasteiger partial charge in [0.15, 0.2) is 0 Å². The van der Waals surface area contributed by atoms with Gasteiger partial charge in [-0.05, 0) is 55.2 Å². The van der Waals surface area contributed by atoms with Crippen molar-refractivity contribution in [3.05, 3.63) is 59.2 Å². The molecule has 0 unspecified atom stereocenters. The minimum Gasteiger partial charge on any atom is -0.497 e. The van der Waals surface area contributed by atoms with Crippen LogP contribution in [0.2, 0.25) is 0 Å². The van der Waals surface area contributed by atoms with Crippen molar-refractivity contribution >= 4 is 21.6 Å². The lowest BCUT2D eigenvalue weighted by Crippen LogP contribution is -2.33. The number of hydrogen-bond donors (Lipinski definition) is 0. The van der Waals surface area contributed by atoms with Gasteiger partial charge in [-0.1, -0.05) is 24.3 Å². The molecule has 0 saturated carbocycles. The molecule has 2 aromatic carbocycles. The second kappa shape index (κ2) is 9.78. The number of amides is 1. The molecule has 158 valence electrons. The first-order chi connectivity index (χ1) is 13.6. The molecule has 29 heavy (non-hydrogen) atoms. The van der Waals surface area contributed by atoms with Crippen molar-refractivity contribution in [3.63, 3.8) is 0 Å². The number of anilines is 1. The van der Waals surface area contributed by atoms with Crippen molar-refractivity contribution in [1.82, 2.24) is 4.90 Å². The van der Waals surface area contributed by atoms with Crippen LogP contribution in [0, 0.1) is 13.8 Å². The van der Waals surface area contributed by atoms with E-state index in [0.29, 0.717) is 18.7 Å². The smallest absolute Gasteiger partial charge is 0.232 e. The number of benzene rings is 2. The summed E-state index contributed by atoms with van der Waals surface area (Å²) in [4.78, 5) is 14.1. The van der Waals surface area contributed by atoms with E-state index >= 15 is 0 Å². The number of carbonyl (C=O) groups is 1. The third-order valence-corrected chi connectivity index (χ3v) is 6.18. The monoisotopic (exact) mass is 418 g/mol. The van der Waals surface area contributed by atoms with Crippen molar-refractivity contribution in [1.29, 1.82) is 0 Å². The van der Waals surface area contributed by atoms with Crippen LogP contribution in [-0.2, 0) is 21.4 Å². The lowest BCUT2D eigenvalue weighted by atomic mass is 10.1. The number of methoxy groups -OCH3 is 1.